The summed E-state index contributed by atoms with van der Waals surface area (Å²) in [4.78, 5) is 15.3. The Morgan fingerprint density at radius 3 is 2.76 bits per heavy atom. The molecule has 1 saturated heterocycles. The van der Waals surface area contributed by atoms with Crippen LogP contribution in [-0.4, -0.2) is 36.5 Å². The minimum absolute atomic E-state index is 0.137. The number of nitriles is 1. The lowest BCUT2D eigenvalue weighted by Gasteiger charge is -2.35. The Hall–Kier alpha value is -1.90. The van der Waals surface area contributed by atoms with Crippen molar-refractivity contribution in [3.05, 3.63) is 35.2 Å². The number of rotatable bonds is 2. The molecule has 3 rings (SSSR count). The lowest BCUT2D eigenvalue weighted by Crippen LogP contribution is -2.53. The second-order valence-corrected chi connectivity index (χ2v) is 6.68. The first kappa shape index (κ1) is 14.1. The van der Waals surface area contributed by atoms with E-state index in [-0.39, 0.29) is 5.91 Å². The van der Waals surface area contributed by atoms with Gasteiger partial charge in [-0.15, -0.1) is 11.3 Å². The largest absolute Gasteiger partial charge is 0.333 e. The van der Waals surface area contributed by atoms with Gasteiger partial charge in [0.05, 0.1) is 10.9 Å². The van der Waals surface area contributed by atoms with Gasteiger partial charge >= 0.3 is 0 Å². The highest BCUT2D eigenvalue weighted by Gasteiger charge is 2.35. The van der Waals surface area contributed by atoms with E-state index in [4.69, 9.17) is 0 Å². The van der Waals surface area contributed by atoms with Gasteiger partial charge in [0.2, 0.25) is 0 Å². The van der Waals surface area contributed by atoms with E-state index >= 15 is 0 Å². The van der Waals surface area contributed by atoms with E-state index in [2.05, 4.69) is 16.3 Å². The van der Waals surface area contributed by atoms with Crippen molar-refractivity contribution in [2.24, 2.45) is 0 Å². The van der Waals surface area contributed by atoms with E-state index in [0.29, 0.717) is 17.7 Å². The molecule has 0 bridgehead atoms. The molecule has 1 fully saturated rings. The number of likely N-dealkylation sites (tertiary alicyclic amines) is 1. The lowest BCUT2D eigenvalue weighted by molar-refractivity contribution is 0.0886. The quantitative estimate of drug-likeness (QED) is 0.927. The predicted octanol–water partition coefficient (Wildman–Crippen LogP) is 2.62. The van der Waals surface area contributed by atoms with Crippen LogP contribution in [0.1, 0.15) is 22.5 Å². The molecule has 1 amide bonds. The summed E-state index contributed by atoms with van der Waals surface area (Å²) in [5, 5.41) is 13.5. The fourth-order valence-electron chi connectivity index (χ4n) is 2.64. The zero-order chi connectivity index (χ0) is 14.9. The molecular weight excluding hydrogens is 282 g/mol. The van der Waals surface area contributed by atoms with Gasteiger partial charge in [-0.05, 0) is 37.4 Å². The monoisotopic (exact) mass is 299 g/mol. The van der Waals surface area contributed by atoms with Crippen molar-refractivity contribution < 1.29 is 4.79 Å². The van der Waals surface area contributed by atoms with E-state index in [9.17, 15) is 10.1 Å². The van der Waals surface area contributed by atoms with Crippen molar-refractivity contribution in [1.29, 1.82) is 5.26 Å². The lowest BCUT2D eigenvalue weighted by atomic mass is 9.89. The van der Waals surface area contributed by atoms with Crippen LogP contribution in [0.2, 0.25) is 0 Å². The second-order valence-electron chi connectivity index (χ2n) is 5.60. The molecule has 1 aliphatic heterocycles. The van der Waals surface area contributed by atoms with Gasteiger partial charge in [0.15, 0.2) is 0 Å². The number of piperidine rings is 1. The maximum Gasteiger partial charge on any atom is 0.262 e. The topological polar surface area (TPSA) is 56.1 Å². The average molecular weight is 299 g/mol. The summed E-state index contributed by atoms with van der Waals surface area (Å²) in [6.07, 6.45) is 1.35. The van der Waals surface area contributed by atoms with E-state index in [1.807, 2.05) is 37.4 Å². The number of nitrogens with one attached hydrogen (secondary N) is 1. The Balaban J connectivity index is 1.80. The van der Waals surface area contributed by atoms with Gasteiger partial charge in [-0.2, -0.15) is 5.26 Å². The number of fused-ring (bicyclic) bond motifs is 1. The van der Waals surface area contributed by atoms with Crippen molar-refractivity contribution in [3.8, 4) is 6.07 Å². The Morgan fingerprint density at radius 2 is 2.10 bits per heavy atom. The van der Waals surface area contributed by atoms with Crippen LogP contribution in [0.25, 0.3) is 10.1 Å². The van der Waals surface area contributed by atoms with Gasteiger partial charge < -0.3 is 10.2 Å². The molecule has 1 N–H and O–H groups in total. The Kier molecular flexibility index (Phi) is 3.66. The van der Waals surface area contributed by atoms with Crippen molar-refractivity contribution in [1.82, 2.24) is 10.2 Å². The maximum atomic E-state index is 12.5. The average Bonchev–Trinajstić information content (AvgIpc) is 2.94. The third-order valence-electron chi connectivity index (χ3n) is 4.06. The van der Waals surface area contributed by atoms with E-state index in [1.54, 1.807) is 0 Å². The summed E-state index contributed by atoms with van der Waals surface area (Å²) in [7, 11) is 2.04. The van der Waals surface area contributed by atoms with Crippen molar-refractivity contribution in [2.45, 2.75) is 18.4 Å². The van der Waals surface area contributed by atoms with Crippen LogP contribution < -0.4 is 5.32 Å². The minimum atomic E-state index is -0.722. The number of thiophene rings is 1. The molecule has 2 heterocycles. The van der Waals surface area contributed by atoms with Crippen molar-refractivity contribution in [2.75, 3.05) is 20.1 Å². The molecule has 1 aromatic heterocycles. The molecule has 5 heteroatoms. The van der Waals surface area contributed by atoms with Gasteiger partial charge in [0.25, 0.3) is 5.91 Å². The van der Waals surface area contributed by atoms with Gasteiger partial charge in [-0.25, -0.2) is 0 Å². The Labute approximate surface area is 128 Å². The molecule has 1 aromatic carbocycles. The van der Waals surface area contributed by atoms with Crippen LogP contribution in [0, 0.1) is 11.3 Å². The first-order valence-electron chi connectivity index (χ1n) is 7.03. The first-order valence-corrected chi connectivity index (χ1v) is 7.84. The van der Waals surface area contributed by atoms with Gasteiger partial charge in [-0.3, -0.25) is 4.79 Å². The molecule has 0 aliphatic carbocycles. The summed E-state index contributed by atoms with van der Waals surface area (Å²) >= 11 is 1.47. The van der Waals surface area contributed by atoms with Crippen LogP contribution in [0.4, 0.5) is 0 Å². The van der Waals surface area contributed by atoms with Crippen molar-refractivity contribution in [3.63, 3.8) is 0 Å². The number of carbonyl (C=O) groups excluding carboxylic acids is 1. The standard InChI is InChI=1S/C16H17N3OS/c1-19-8-6-16(11-17,7-9-19)18-15(20)14-10-12-4-2-3-5-13(12)21-14/h2-5,10H,6-9H2,1H3,(H,18,20). The summed E-state index contributed by atoms with van der Waals surface area (Å²) < 4.78 is 1.09. The van der Waals surface area contributed by atoms with E-state index in [0.717, 1.165) is 23.2 Å². The highest BCUT2D eigenvalue weighted by atomic mass is 32.1. The van der Waals surface area contributed by atoms with Crippen LogP contribution in [0.5, 0.6) is 0 Å². The Bertz CT molecular complexity index is 675. The van der Waals surface area contributed by atoms with Crippen LogP contribution >= 0.6 is 11.3 Å². The fraction of sp³-hybridized carbons (Fsp3) is 0.375. The molecule has 0 spiro atoms. The third kappa shape index (κ3) is 2.78. The zero-order valence-electron chi connectivity index (χ0n) is 11.9. The molecule has 0 saturated carbocycles. The number of benzene rings is 1. The molecule has 4 nitrogen and oxygen atoms in total. The molecule has 1 aliphatic rings. The molecule has 0 atom stereocenters. The number of carbonyl (C=O) groups is 1. The highest BCUT2D eigenvalue weighted by molar-refractivity contribution is 7.20. The number of hydrogen-bond acceptors (Lipinski definition) is 4. The van der Waals surface area contributed by atoms with E-state index in [1.165, 1.54) is 11.3 Å². The molecule has 2 aromatic rings. The Morgan fingerprint density at radius 1 is 1.38 bits per heavy atom. The summed E-state index contributed by atoms with van der Waals surface area (Å²) in [5.74, 6) is -0.137. The molecule has 21 heavy (non-hydrogen) atoms. The highest BCUT2D eigenvalue weighted by Crippen LogP contribution is 2.27. The molecule has 0 unspecified atom stereocenters. The van der Waals surface area contributed by atoms with Crippen LogP contribution in [-0.2, 0) is 0 Å². The fourth-order valence-corrected chi connectivity index (χ4v) is 3.60. The SMILES string of the molecule is CN1CCC(C#N)(NC(=O)c2cc3ccccc3s2)CC1. The summed E-state index contributed by atoms with van der Waals surface area (Å²) in [6.45, 7) is 1.67. The predicted molar refractivity (Wildman–Crippen MR) is 84.4 cm³/mol. The van der Waals surface area contributed by atoms with E-state index < -0.39 is 5.54 Å². The van der Waals surface area contributed by atoms with Gasteiger partial charge in [0.1, 0.15) is 5.54 Å². The number of nitrogens with zero attached hydrogens (tertiary/aromatic N) is 2. The summed E-state index contributed by atoms with van der Waals surface area (Å²) in [5.41, 5.74) is -0.722. The van der Waals surface area contributed by atoms with Crippen molar-refractivity contribution >= 4 is 27.3 Å². The minimum Gasteiger partial charge on any atom is -0.333 e. The molecule has 108 valence electrons. The molecular formula is C16H17N3OS. The number of amides is 1. The van der Waals surface area contributed by atoms with Gasteiger partial charge in [0, 0.05) is 17.8 Å². The maximum absolute atomic E-state index is 12.5. The van der Waals surface area contributed by atoms with Crippen LogP contribution in [0.15, 0.2) is 30.3 Å². The summed E-state index contributed by atoms with van der Waals surface area (Å²) in [6, 6.07) is 12.2. The smallest absolute Gasteiger partial charge is 0.262 e. The first-order chi connectivity index (χ1) is 10.1. The number of hydrogen-bond donors (Lipinski definition) is 1. The third-order valence-corrected chi connectivity index (χ3v) is 5.17. The normalized spacial score (nSPS) is 18.3. The van der Waals surface area contributed by atoms with Crippen LogP contribution in [0.3, 0.4) is 0 Å². The molecule has 0 radical (unpaired) electrons. The second kappa shape index (κ2) is 5.47. The van der Waals surface area contributed by atoms with Gasteiger partial charge in [-0.1, -0.05) is 18.2 Å². The zero-order valence-corrected chi connectivity index (χ0v) is 12.7.